The highest BCUT2D eigenvalue weighted by Crippen LogP contribution is 2.40. The fraction of sp³-hybridized carbons (Fsp3) is 0.400. The number of ether oxygens (including phenoxy) is 1. The Morgan fingerprint density at radius 3 is 2.60 bits per heavy atom. The maximum atomic E-state index is 12.6. The van der Waals surface area contributed by atoms with Crippen LogP contribution in [0.15, 0.2) is 41.1 Å². The SMILES string of the molecule is CS(=O)(=O)Oc1cccc(Cl)c1C1CC(c2csc(C3CCN(C(=O)COc4ncc(C(F)(F)F)cn4)CC3)n2)=NO1. The average Bonchev–Trinajstić information content (AvgIpc) is 3.61. The topological polar surface area (TPSA) is 133 Å². The van der Waals surface area contributed by atoms with Gasteiger partial charge in [-0.05, 0) is 25.0 Å². The summed E-state index contributed by atoms with van der Waals surface area (Å²) in [7, 11) is -3.79. The Kier molecular flexibility index (Phi) is 8.57. The third-order valence-electron chi connectivity index (χ3n) is 6.54. The highest BCUT2D eigenvalue weighted by molar-refractivity contribution is 7.86. The lowest BCUT2D eigenvalue weighted by Gasteiger charge is -2.31. The van der Waals surface area contributed by atoms with Gasteiger partial charge in [-0.3, -0.25) is 4.79 Å². The second-order valence-corrected chi connectivity index (χ2v) is 12.4. The van der Waals surface area contributed by atoms with Crippen molar-refractivity contribution in [1.82, 2.24) is 19.9 Å². The van der Waals surface area contributed by atoms with Crippen LogP contribution in [0.5, 0.6) is 11.8 Å². The normalized spacial score (nSPS) is 18.0. The van der Waals surface area contributed by atoms with Crippen LogP contribution < -0.4 is 8.92 Å². The molecular weight excluding hydrogens is 623 g/mol. The molecule has 0 saturated carbocycles. The van der Waals surface area contributed by atoms with Crippen LogP contribution in [0.2, 0.25) is 5.02 Å². The van der Waals surface area contributed by atoms with E-state index in [0.29, 0.717) is 61.7 Å². The van der Waals surface area contributed by atoms with E-state index < -0.39 is 28.0 Å². The Balaban J connectivity index is 1.14. The number of halogens is 4. The van der Waals surface area contributed by atoms with Crippen molar-refractivity contribution in [3.05, 3.63) is 62.8 Å². The molecule has 5 rings (SSSR count). The highest BCUT2D eigenvalue weighted by Gasteiger charge is 2.33. The summed E-state index contributed by atoms with van der Waals surface area (Å²) in [6.45, 7) is 0.523. The summed E-state index contributed by atoms with van der Waals surface area (Å²) < 4.78 is 71.6. The minimum Gasteiger partial charge on any atom is -0.453 e. The lowest BCUT2D eigenvalue weighted by molar-refractivity contribution is -0.138. The number of benzene rings is 1. The molecule has 1 fully saturated rings. The lowest BCUT2D eigenvalue weighted by Crippen LogP contribution is -2.40. The van der Waals surface area contributed by atoms with E-state index in [1.54, 1.807) is 17.0 Å². The number of likely N-dealkylation sites (tertiary alicyclic amines) is 1. The van der Waals surface area contributed by atoms with Gasteiger partial charge in [-0.15, -0.1) is 11.3 Å². The number of rotatable bonds is 8. The second-order valence-electron chi connectivity index (χ2n) is 9.54. The molecule has 11 nitrogen and oxygen atoms in total. The molecule has 2 aliphatic rings. The van der Waals surface area contributed by atoms with Crippen molar-refractivity contribution in [2.24, 2.45) is 5.16 Å². The first-order valence-electron chi connectivity index (χ1n) is 12.5. The molecule has 0 aliphatic carbocycles. The van der Waals surface area contributed by atoms with Gasteiger partial charge < -0.3 is 18.7 Å². The van der Waals surface area contributed by atoms with Gasteiger partial charge in [-0.2, -0.15) is 21.6 Å². The lowest BCUT2D eigenvalue weighted by atomic mass is 9.97. The summed E-state index contributed by atoms with van der Waals surface area (Å²) in [6, 6.07) is 4.38. The second kappa shape index (κ2) is 12.0. The molecule has 17 heteroatoms. The number of carbonyl (C=O) groups excluding carboxylic acids is 1. The van der Waals surface area contributed by atoms with Gasteiger partial charge >= 0.3 is 22.3 Å². The third kappa shape index (κ3) is 7.10. The van der Waals surface area contributed by atoms with Gasteiger partial charge in [0.05, 0.1) is 33.1 Å². The first-order chi connectivity index (χ1) is 19.9. The minimum atomic E-state index is -4.56. The molecule has 42 heavy (non-hydrogen) atoms. The molecule has 1 amide bonds. The van der Waals surface area contributed by atoms with E-state index in [1.165, 1.54) is 17.4 Å². The summed E-state index contributed by atoms with van der Waals surface area (Å²) in [5.41, 5.74) is 0.598. The summed E-state index contributed by atoms with van der Waals surface area (Å²) in [5, 5.41) is 7.21. The number of carbonyl (C=O) groups is 1. The van der Waals surface area contributed by atoms with Crippen molar-refractivity contribution in [1.29, 1.82) is 0 Å². The monoisotopic (exact) mass is 645 g/mol. The van der Waals surface area contributed by atoms with Crippen molar-refractivity contribution in [3.8, 4) is 11.8 Å². The molecule has 3 aromatic rings. The summed E-state index contributed by atoms with van der Waals surface area (Å²) >= 11 is 7.82. The van der Waals surface area contributed by atoms with Crippen LogP contribution in [-0.4, -0.2) is 65.8 Å². The smallest absolute Gasteiger partial charge is 0.419 e. The highest BCUT2D eigenvalue weighted by atomic mass is 35.5. The Bertz CT molecular complexity index is 1590. The number of piperidine rings is 1. The van der Waals surface area contributed by atoms with E-state index in [9.17, 15) is 26.4 Å². The molecule has 1 aromatic carbocycles. The van der Waals surface area contributed by atoms with Gasteiger partial charge in [-0.1, -0.05) is 22.8 Å². The molecule has 0 radical (unpaired) electrons. The van der Waals surface area contributed by atoms with Gasteiger partial charge in [0.15, 0.2) is 18.5 Å². The predicted molar refractivity (Wildman–Crippen MR) is 145 cm³/mol. The molecule has 0 bridgehead atoms. The van der Waals surface area contributed by atoms with E-state index >= 15 is 0 Å². The van der Waals surface area contributed by atoms with Crippen LogP contribution in [0.1, 0.15) is 53.1 Å². The Labute approximate surface area is 247 Å². The minimum absolute atomic E-state index is 0.0732. The van der Waals surface area contributed by atoms with Gasteiger partial charge in [0.2, 0.25) is 0 Å². The average molecular weight is 646 g/mol. The van der Waals surface area contributed by atoms with Crippen LogP contribution in [0.25, 0.3) is 0 Å². The van der Waals surface area contributed by atoms with Crippen LogP contribution in [0.3, 0.4) is 0 Å². The number of alkyl halides is 3. The Hall–Kier alpha value is -3.50. The fourth-order valence-corrected chi connectivity index (χ4v) is 6.25. The van der Waals surface area contributed by atoms with Crippen LogP contribution in [-0.2, 0) is 25.9 Å². The van der Waals surface area contributed by atoms with Crippen molar-refractivity contribution in [2.75, 3.05) is 26.0 Å². The number of hydrogen-bond donors (Lipinski definition) is 0. The summed E-state index contributed by atoms with van der Waals surface area (Å²) in [4.78, 5) is 31.5. The van der Waals surface area contributed by atoms with E-state index in [0.717, 1.165) is 11.3 Å². The van der Waals surface area contributed by atoms with Crippen molar-refractivity contribution in [2.45, 2.75) is 37.5 Å². The quantitative estimate of drug-likeness (QED) is 0.323. The van der Waals surface area contributed by atoms with Crippen LogP contribution in [0, 0.1) is 0 Å². The van der Waals surface area contributed by atoms with Gasteiger partial charge in [0.1, 0.15) is 5.71 Å². The Morgan fingerprint density at radius 1 is 1.21 bits per heavy atom. The summed E-state index contributed by atoms with van der Waals surface area (Å²) in [5.74, 6) is -0.132. The molecule has 0 spiro atoms. The maximum absolute atomic E-state index is 12.6. The first kappa shape index (κ1) is 30.0. The summed E-state index contributed by atoms with van der Waals surface area (Å²) in [6.07, 6.45) is -1.44. The van der Waals surface area contributed by atoms with Crippen LogP contribution >= 0.6 is 22.9 Å². The fourth-order valence-electron chi connectivity index (χ4n) is 4.49. The zero-order chi connectivity index (χ0) is 30.1. The third-order valence-corrected chi connectivity index (χ3v) is 8.36. The van der Waals surface area contributed by atoms with Crippen molar-refractivity contribution in [3.63, 3.8) is 0 Å². The Morgan fingerprint density at radius 2 is 1.93 bits per heavy atom. The number of oxime groups is 1. The molecule has 4 heterocycles. The van der Waals surface area contributed by atoms with Crippen LogP contribution in [0.4, 0.5) is 13.2 Å². The molecule has 2 aliphatic heterocycles. The van der Waals surface area contributed by atoms with Gasteiger partial charge in [0, 0.05) is 43.2 Å². The molecule has 224 valence electrons. The van der Waals surface area contributed by atoms with E-state index in [-0.39, 0.29) is 35.2 Å². The molecule has 2 aromatic heterocycles. The molecule has 1 unspecified atom stereocenters. The van der Waals surface area contributed by atoms with E-state index in [2.05, 4.69) is 15.1 Å². The van der Waals surface area contributed by atoms with Gasteiger partial charge in [0.25, 0.3) is 5.91 Å². The largest absolute Gasteiger partial charge is 0.453 e. The maximum Gasteiger partial charge on any atom is 0.419 e. The van der Waals surface area contributed by atoms with Crippen molar-refractivity contribution >= 4 is 44.7 Å². The standard InChI is InChI=1S/C25H23ClF3N5O6S2/c1-42(36,37)40-19-4-2-3-16(26)22(19)20-9-17(33-39-20)18-13-41-23(32-18)14-5-7-34(8-6-14)21(35)12-38-24-30-10-15(11-31-24)25(27,28)29/h2-4,10-11,13-14,20H,5-9,12H2,1H3. The van der Waals surface area contributed by atoms with E-state index in [1.807, 2.05) is 5.38 Å². The zero-order valence-corrected chi connectivity index (χ0v) is 24.3. The number of thiazole rings is 1. The number of hydrogen-bond acceptors (Lipinski definition) is 11. The molecule has 0 N–H and O–H groups in total. The van der Waals surface area contributed by atoms with Crippen molar-refractivity contribution < 1.29 is 40.1 Å². The molecule has 1 atom stereocenters. The predicted octanol–water partition coefficient (Wildman–Crippen LogP) is 4.59. The zero-order valence-electron chi connectivity index (χ0n) is 21.9. The molecule has 1 saturated heterocycles. The van der Waals surface area contributed by atoms with Gasteiger partial charge in [-0.25, -0.2) is 15.0 Å². The van der Waals surface area contributed by atoms with E-state index in [4.69, 9.17) is 30.3 Å². The number of amides is 1. The number of aromatic nitrogens is 3. The number of nitrogens with zero attached hydrogens (tertiary/aromatic N) is 5. The molecular formula is C25H23ClF3N5O6S2. The first-order valence-corrected chi connectivity index (χ1v) is 15.6.